The summed E-state index contributed by atoms with van der Waals surface area (Å²) in [5.74, 6) is 0.141. The topological polar surface area (TPSA) is 20.3 Å². The standard InChI is InChI=1S/C10H15Cl2NO/c1-9(7-10(9,11)12)8(14)13-5-3-2-4-6-13/h2-7H2,1H3. The van der Waals surface area contributed by atoms with Crippen LogP contribution < -0.4 is 0 Å². The van der Waals surface area contributed by atoms with Crippen molar-refractivity contribution < 1.29 is 4.79 Å². The molecule has 14 heavy (non-hydrogen) atoms. The monoisotopic (exact) mass is 235 g/mol. The SMILES string of the molecule is CC1(C(=O)N2CCCCC2)CC1(Cl)Cl. The van der Waals surface area contributed by atoms with Gasteiger partial charge in [-0.25, -0.2) is 0 Å². The Morgan fingerprint density at radius 1 is 1.21 bits per heavy atom. The molecule has 1 unspecified atom stereocenters. The van der Waals surface area contributed by atoms with Crippen LogP contribution in [0.4, 0.5) is 0 Å². The number of piperidine rings is 1. The van der Waals surface area contributed by atoms with Crippen molar-refractivity contribution in [3.05, 3.63) is 0 Å². The fraction of sp³-hybridized carbons (Fsp3) is 0.900. The van der Waals surface area contributed by atoms with Crippen molar-refractivity contribution in [2.75, 3.05) is 13.1 Å². The van der Waals surface area contributed by atoms with Crippen molar-refractivity contribution in [2.45, 2.75) is 36.9 Å². The number of rotatable bonds is 1. The van der Waals surface area contributed by atoms with Gasteiger partial charge in [0.05, 0.1) is 5.41 Å². The Balaban J connectivity index is 2.02. The van der Waals surface area contributed by atoms with E-state index in [0.717, 1.165) is 25.9 Å². The molecule has 1 amide bonds. The van der Waals surface area contributed by atoms with Crippen molar-refractivity contribution in [1.82, 2.24) is 4.90 Å². The Morgan fingerprint density at radius 2 is 1.71 bits per heavy atom. The van der Waals surface area contributed by atoms with Crippen LogP contribution in [0.3, 0.4) is 0 Å². The molecule has 0 spiro atoms. The molecule has 1 saturated carbocycles. The molecular weight excluding hydrogens is 221 g/mol. The fourth-order valence-electron chi connectivity index (χ4n) is 2.08. The maximum atomic E-state index is 12.1. The van der Waals surface area contributed by atoms with Crippen molar-refractivity contribution in [1.29, 1.82) is 0 Å². The number of hydrogen-bond donors (Lipinski definition) is 0. The minimum Gasteiger partial charge on any atom is -0.342 e. The average molecular weight is 236 g/mol. The molecule has 1 saturated heterocycles. The Morgan fingerprint density at radius 3 is 2.14 bits per heavy atom. The minimum atomic E-state index is -0.818. The van der Waals surface area contributed by atoms with Crippen LogP contribution in [0, 0.1) is 5.41 Å². The molecule has 2 fully saturated rings. The van der Waals surface area contributed by atoms with Gasteiger partial charge < -0.3 is 4.90 Å². The van der Waals surface area contributed by atoms with Crippen LogP contribution in [0.5, 0.6) is 0 Å². The summed E-state index contributed by atoms with van der Waals surface area (Å²) >= 11 is 12.0. The predicted octanol–water partition coefficient (Wildman–Crippen LogP) is 2.58. The van der Waals surface area contributed by atoms with E-state index < -0.39 is 9.75 Å². The second-order valence-electron chi connectivity index (χ2n) is 4.57. The number of carbonyl (C=O) groups excluding carboxylic acids is 1. The number of nitrogens with zero attached hydrogens (tertiary/aromatic N) is 1. The lowest BCUT2D eigenvalue weighted by Crippen LogP contribution is -2.41. The highest BCUT2D eigenvalue weighted by Crippen LogP contribution is 2.64. The molecular formula is C10H15Cl2NO. The van der Waals surface area contributed by atoms with Crippen molar-refractivity contribution >= 4 is 29.1 Å². The Hall–Kier alpha value is 0.0500. The molecule has 0 aromatic carbocycles. The Bertz CT molecular complexity index is 261. The summed E-state index contributed by atoms with van der Waals surface area (Å²) in [5.41, 5.74) is -0.520. The number of alkyl halides is 2. The number of carbonyl (C=O) groups is 1. The van der Waals surface area contributed by atoms with Gasteiger partial charge >= 0.3 is 0 Å². The predicted molar refractivity (Wildman–Crippen MR) is 57.6 cm³/mol. The quantitative estimate of drug-likeness (QED) is 0.641. The summed E-state index contributed by atoms with van der Waals surface area (Å²) in [5, 5.41) is 0. The Kier molecular flexibility index (Phi) is 2.47. The zero-order chi connectivity index (χ0) is 10.4. The molecule has 80 valence electrons. The van der Waals surface area contributed by atoms with E-state index in [1.54, 1.807) is 0 Å². The van der Waals surface area contributed by atoms with Gasteiger partial charge in [-0.15, -0.1) is 23.2 Å². The number of likely N-dealkylation sites (tertiary alicyclic amines) is 1. The zero-order valence-corrected chi connectivity index (χ0v) is 9.87. The molecule has 0 N–H and O–H groups in total. The van der Waals surface area contributed by atoms with Gasteiger partial charge in [0, 0.05) is 13.1 Å². The molecule has 2 aliphatic rings. The molecule has 0 bridgehead atoms. The fourth-order valence-corrected chi connectivity index (χ4v) is 2.77. The lowest BCUT2D eigenvalue weighted by atomic mass is 10.1. The van der Waals surface area contributed by atoms with Crippen LogP contribution >= 0.6 is 23.2 Å². The third-order valence-corrected chi connectivity index (χ3v) is 4.47. The van der Waals surface area contributed by atoms with E-state index >= 15 is 0 Å². The highest BCUT2D eigenvalue weighted by Gasteiger charge is 2.68. The largest absolute Gasteiger partial charge is 0.342 e. The summed E-state index contributed by atoms with van der Waals surface area (Å²) in [6.45, 7) is 3.61. The molecule has 1 aliphatic carbocycles. The van der Waals surface area contributed by atoms with E-state index in [0.29, 0.717) is 6.42 Å². The van der Waals surface area contributed by atoms with Crippen LogP contribution in [-0.2, 0) is 4.79 Å². The van der Waals surface area contributed by atoms with Crippen molar-refractivity contribution in [3.63, 3.8) is 0 Å². The second-order valence-corrected chi connectivity index (χ2v) is 6.05. The summed E-state index contributed by atoms with van der Waals surface area (Å²) in [6.07, 6.45) is 4.05. The first kappa shape index (κ1) is 10.6. The number of hydrogen-bond acceptors (Lipinski definition) is 1. The first-order valence-electron chi connectivity index (χ1n) is 5.15. The van der Waals surface area contributed by atoms with Gasteiger partial charge in [-0.2, -0.15) is 0 Å². The van der Waals surface area contributed by atoms with Crippen molar-refractivity contribution in [2.24, 2.45) is 5.41 Å². The molecule has 0 aromatic rings. The van der Waals surface area contributed by atoms with Gasteiger partial charge in [0.1, 0.15) is 4.33 Å². The summed E-state index contributed by atoms with van der Waals surface area (Å²) in [7, 11) is 0. The first-order valence-corrected chi connectivity index (χ1v) is 5.90. The average Bonchev–Trinajstić information content (AvgIpc) is 2.68. The lowest BCUT2D eigenvalue weighted by Gasteiger charge is -2.29. The molecule has 1 aliphatic heterocycles. The molecule has 1 heterocycles. The third-order valence-electron chi connectivity index (χ3n) is 3.37. The van der Waals surface area contributed by atoms with Gasteiger partial charge in [0.15, 0.2) is 0 Å². The van der Waals surface area contributed by atoms with E-state index in [1.165, 1.54) is 6.42 Å². The lowest BCUT2D eigenvalue weighted by molar-refractivity contribution is -0.137. The van der Waals surface area contributed by atoms with E-state index in [4.69, 9.17) is 23.2 Å². The highest BCUT2D eigenvalue weighted by atomic mass is 35.5. The zero-order valence-electron chi connectivity index (χ0n) is 8.35. The summed E-state index contributed by atoms with van der Waals surface area (Å²) < 4.78 is -0.818. The van der Waals surface area contributed by atoms with E-state index in [-0.39, 0.29) is 5.91 Å². The molecule has 2 nitrogen and oxygen atoms in total. The summed E-state index contributed by atoms with van der Waals surface area (Å²) in [4.78, 5) is 14.0. The van der Waals surface area contributed by atoms with Crippen LogP contribution in [0.1, 0.15) is 32.6 Å². The van der Waals surface area contributed by atoms with Crippen LogP contribution in [0.25, 0.3) is 0 Å². The highest BCUT2D eigenvalue weighted by molar-refractivity contribution is 6.53. The van der Waals surface area contributed by atoms with Gasteiger partial charge in [-0.05, 0) is 32.6 Å². The maximum absolute atomic E-state index is 12.1. The maximum Gasteiger partial charge on any atom is 0.231 e. The smallest absolute Gasteiger partial charge is 0.231 e. The van der Waals surface area contributed by atoms with Crippen LogP contribution in [0.15, 0.2) is 0 Å². The molecule has 2 rings (SSSR count). The number of amides is 1. The molecule has 1 atom stereocenters. The van der Waals surface area contributed by atoms with E-state index in [1.807, 2.05) is 11.8 Å². The molecule has 0 radical (unpaired) electrons. The van der Waals surface area contributed by atoms with Gasteiger partial charge in [-0.1, -0.05) is 0 Å². The summed E-state index contributed by atoms with van der Waals surface area (Å²) in [6, 6.07) is 0. The van der Waals surface area contributed by atoms with E-state index in [9.17, 15) is 4.79 Å². The third kappa shape index (κ3) is 1.53. The van der Waals surface area contributed by atoms with Gasteiger partial charge in [0.2, 0.25) is 5.91 Å². The van der Waals surface area contributed by atoms with E-state index in [2.05, 4.69) is 0 Å². The van der Waals surface area contributed by atoms with Crippen molar-refractivity contribution in [3.8, 4) is 0 Å². The van der Waals surface area contributed by atoms with Crippen LogP contribution in [-0.4, -0.2) is 28.2 Å². The normalized spacial score (nSPS) is 35.5. The first-order chi connectivity index (χ1) is 6.47. The number of halogens is 2. The van der Waals surface area contributed by atoms with Gasteiger partial charge in [-0.3, -0.25) is 4.79 Å². The molecule has 0 aromatic heterocycles. The minimum absolute atomic E-state index is 0.141. The molecule has 4 heteroatoms. The Labute approximate surface area is 94.5 Å². The van der Waals surface area contributed by atoms with Gasteiger partial charge in [0.25, 0.3) is 0 Å². The van der Waals surface area contributed by atoms with Crippen LogP contribution in [0.2, 0.25) is 0 Å². The second kappa shape index (κ2) is 3.28.